The van der Waals surface area contributed by atoms with Crippen LogP contribution in [0.5, 0.6) is 5.75 Å². The van der Waals surface area contributed by atoms with E-state index < -0.39 is 11.7 Å². The standard InChI is InChI=1S/C13H10F3N5O/c1-22-7-2-3-8(9(4-7)13(14,15)16)11-10-5-18-6-21(10)12(17)20-19-11/h2-6H,1H3,(H2,17,20). The van der Waals surface area contributed by atoms with Crippen LogP contribution in [0, 0.1) is 0 Å². The molecule has 0 saturated heterocycles. The first kappa shape index (κ1) is 14.1. The van der Waals surface area contributed by atoms with Gasteiger partial charge in [-0.3, -0.25) is 4.40 Å². The van der Waals surface area contributed by atoms with Gasteiger partial charge in [-0.1, -0.05) is 0 Å². The second kappa shape index (κ2) is 4.86. The fraction of sp³-hybridized carbons (Fsp3) is 0.154. The van der Waals surface area contributed by atoms with Gasteiger partial charge in [0.25, 0.3) is 0 Å². The molecule has 0 atom stereocenters. The van der Waals surface area contributed by atoms with Crippen molar-refractivity contribution in [3.8, 4) is 17.0 Å². The summed E-state index contributed by atoms with van der Waals surface area (Å²) in [6.45, 7) is 0. The molecule has 0 radical (unpaired) electrons. The SMILES string of the molecule is COc1ccc(-c2nnc(N)n3cncc23)c(C(F)(F)F)c1. The largest absolute Gasteiger partial charge is 0.497 e. The van der Waals surface area contributed by atoms with Gasteiger partial charge in [-0.05, 0) is 18.2 Å². The maximum atomic E-state index is 13.3. The van der Waals surface area contributed by atoms with Gasteiger partial charge >= 0.3 is 6.18 Å². The maximum Gasteiger partial charge on any atom is 0.417 e. The number of halogens is 3. The molecule has 22 heavy (non-hydrogen) atoms. The number of nitrogens with two attached hydrogens (primary N) is 1. The molecule has 0 fully saturated rings. The quantitative estimate of drug-likeness (QED) is 0.786. The van der Waals surface area contributed by atoms with Crippen LogP contribution in [-0.4, -0.2) is 26.7 Å². The monoisotopic (exact) mass is 309 g/mol. The number of methoxy groups -OCH3 is 1. The minimum atomic E-state index is -4.57. The third kappa shape index (κ3) is 2.20. The number of rotatable bonds is 2. The van der Waals surface area contributed by atoms with E-state index in [9.17, 15) is 13.2 Å². The molecule has 0 aliphatic carbocycles. The summed E-state index contributed by atoms with van der Waals surface area (Å²) in [6, 6.07) is 3.63. The number of alkyl halides is 3. The maximum absolute atomic E-state index is 13.3. The number of imidazole rings is 1. The molecule has 0 unspecified atom stereocenters. The first-order valence-electron chi connectivity index (χ1n) is 6.11. The third-order valence-corrected chi connectivity index (χ3v) is 3.17. The minimum Gasteiger partial charge on any atom is -0.497 e. The van der Waals surface area contributed by atoms with Crippen molar-refractivity contribution in [2.75, 3.05) is 12.8 Å². The Morgan fingerprint density at radius 1 is 1.23 bits per heavy atom. The summed E-state index contributed by atoms with van der Waals surface area (Å²) in [7, 11) is 1.30. The molecule has 3 rings (SSSR count). The van der Waals surface area contributed by atoms with Crippen LogP contribution in [0.4, 0.5) is 19.1 Å². The number of fused-ring (bicyclic) bond motifs is 1. The van der Waals surface area contributed by atoms with Crippen LogP contribution in [0.1, 0.15) is 5.56 Å². The van der Waals surface area contributed by atoms with Crippen LogP contribution in [0.15, 0.2) is 30.7 Å². The second-order valence-electron chi connectivity index (χ2n) is 4.46. The van der Waals surface area contributed by atoms with Crippen LogP contribution >= 0.6 is 0 Å². The molecule has 0 spiro atoms. The molecule has 9 heteroatoms. The number of ether oxygens (including phenoxy) is 1. The van der Waals surface area contributed by atoms with Crippen LogP contribution in [0.25, 0.3) is 16.8 Å². The molecule has 0 saturated carbocycles. The normalized spacial score (nSPS) is 11.8. The molecular weight excluding hydrogens is 299 g/mol. The van der Waals surface area contributed by atoms with Crippen LogP contribution in [0.2, 0.25) is 0 Å². The molecule has 0 aliphatic rings. The molecule has 2 aromatic heterocycles. The first-order chi connectivity index (χ1) is 10.4. The van der Waals surface area contributed by atoms with Gasteiger partial charge in [0.2, 0.25) is 5.95 Å². The topological polar surface area (TPSA) is 78.3 Å². The highest BCUT2D eigenvalue weighted by molar-refractivity contribution is 5.79. The van der Waals surface area contributed by atoms with Gasteiger partial charge in [0.05, 0.1) is 24.4 Å². The molecule has 2 N–H and O–H groups in total. The zero-order valence-corrected chi connectivity index (χ0v) is 11.3. The van der Waals surface area contributed by atoms with E-state index in [2.05, 4.69) is 15.2 Å². The predicted octanol–water partition coefficient (Wildman–Crippen LogP) is 2.40. The molecule has 0 aliphatic heterocycles. The molecule has 3 aromatic rings. The molecule has 114 valence electrons. The number of nitrogens with zero attached hydrogens (tertiary/aromatic N) is 4. The van der Waals surface area contributed by atoms with E-state index >= 15 is 0 Å². The lowest BCUT2D eigenvalue weighted by molar-refractivity contribution is -0.137. The van der Waals surface area contributed by atoms with Crippen molar-refractivity contribution in [2.24, 2.45) is 0 Å². The third-order valence-electron chi connectivity index (χ3n) is 3.17. The number of anilines is 1. The van der Waals surface area contributed by atoms with Crippen molar-refractivity contribution < 1.29 is 17.9 Å². The summed E-state index contributed by atoms with van der Waals surface area (Å²) < 4.78 is 46.1. The summed E-state index contributed by atoms with van der Waals surface area (Å²) in [4.78, 5) is 3.87. The summed E-state index contributed by atoms with van der Waals surface area (Å²) in [5, 5.41) is 7.48. The Morgan fingerprint density at radius 3 is 2.68 bits per heavy atom. The molecule has 0 bridgehead atoms. The highest BCUT2D eigenvalue weighted by Gasteiger charge is 2.35. The number of hydrogen-bond donors (Lipinski definition) is 1. The summed E-state index contributed by atoms with van der Waals surface area (Å²) in [5.41, 5.74) is 5.02. The Morgan fingerprint density at radius 2 is 2.00 bits per heavy atom. The summed E-state index contributed by atoms with van der Waals surface area (Å²) in [5.74, 6) is 0.141. The minimum absolute atomic E-state index is 0.0401. The van der Waals surface area contributed by atoms with E-state index in [1.165, 1.54) is 36.2 Å². The van der Waals surface area contributed by atoms with Gasteiger partial charge in [0.1, 0.15) is 17.8 Å². The summed E-state index contributed by atoms with van der Waals surface area (Å²) >= 11 is 0. The average molecular weight is 309 g/mol. The van der Waals surface area contributed by atoms with E-state index in [0.717, 1.165) is 6.07 Å². The molecule has 2 heterocycles. The van der Waals surface area contributed by atoms with E-state index in [4.69, 9.17) is 10.5 Å². The van der Waals surface area contributed by atoms with Crippen molar-refractivity contribution in [3.05, 3.63) is 36.3 Å². The van der Waals surface area contributed by atoms with E-state index in [-0.39, 0.29) is 23.0 Å². The lowest BCUT2D eigenvalue weighted by Crippen LogP contribution is -2.10. The molecule has 6 nitrogen and oxygen atoms in total. The Kier molecular flexibility index (Phi) is 3.12. The Bertz CT molecular complexity index is 843. The first-order valence-corrected chi connectivity index (χ1v) is 6.11. The molecule has 1 aromatic carbocycles. The number of nitrogen functional groups attached to an aromatic ring is 1. The smallest absolute Gasteiger partial charge is 0.417 e. The van der Waals surface area contributed by atoms with Gasteiger partial charge in [-0.15, -0.1) is 10.2 Å². The molecule has 0 amide bonds. The van der Waals surface area contributed by atoms with Crippen molar-refractivity contribution in [1.82, 2.24) is 19.6 Å². The number of benzene rings is 1. The van der Waals surface area contributed by atoms with Gasteiger partial charge in [-0.25, -0.2) is 4.98 Å². The van der Waals surface area contributed by atoms with Crippen LogP contribution < -0.4 is 10.5 Å². The second-order valence-corrected chi connectivity index (χ2v) is 4.46. The van der Waals surface area contributed by atoms with Crippen molar-refractivity contribution in [1.29, 1.82) is 0 Å². The predicted molar refractivity (Wildman–Crippen MR) is 72.2 cm³/mol. The number of aromatic nitrogens is 4. The fourth-order valence-electron chi connectivity index (χ4n) is 2.14. The summed E-state index contributed by atoms with van der Waals surface area (Å²) in [6.07, 6.45) is -1.83. The Labute approximate surface area is 122 Å². The molecular formula is C13H10F3N5O. The highest BCUT2D eigenvalue weighted by Crippen LogP contribution is 2.39. The van der Waals surface area contributed by atoms with E-state index in [1.54, 1.807) is 0 Å². The number of hydrogen-bond acceptors (Lipinski definition) is 5. The Balaban J connectivity index is 2.31. The average Bonchev–Trinajstić information content (AvgIpc) is 2.97. The van der Waals surface area contributed by atoms with Gasteiger partial charge in [-0.2, -0.15) is 13.2 Å². The van der Waals surface area contributed by atoms with Crippen LogP contribution in [0.3, 0.4) is 0 Å². The fourth-order valence-corrected chi connectivity index (χ4v) is 2.14. The highest BCUT2D eigenvalue weighted by atomic mass is 19.4. The van der Waals surface area contributed by atoms with Crippen LogP contribution in [-0.2, 0) is 6.18 Å². The van der Waals surface area contributed by atoms with Crippen molar-refractivity contribution >= 4 is 11.5 Å². The van der Waals surface area contributed by atoms with Crippen molar-refractivity contribution in [2.45, 2.75) is 6.18 Å². The van der Waals surface area contributed by atoms with Gasteiger partial charge in [0.15, 0.2) is 0 Å². The van der Waals surface area contributed by atoms with Gasteiger partial charge in [0, 0.05) is 5.56 Å². The van der Waals surface area contributed by atoms with E-state index in [0.29, 0.717) is 5.52 Å². The lowest BCUT2D eigenvalue weighted by atomic mass is 10.0. The zero-order valence-electron chi connectivity index (χ0n) is 11.3. The lowest BCUT2D eigenvalue weighted by Gasteiger charge is -2.14. The Hall–Kier alpha value is -2.84. The zero-order chi connectivity index (χ0) is 15.9. The van der Waals surface area contributed by atoms with E-state index in [1.807, 2.05) is 0 Å². The van der Waals surface area contributed by atoms with Crippen molar-refractivity contribution in [3.63, 3.8) is 0 Å². The van der Waals surface area contributed by atoms with Gasteiger partial charge < -0.3 is 10.5 Å².